The van der Waals surface area contributed by atoms with Crippen molar-refractivity contribution < 1.29 is 17.3 Å². The second-order valence-electron chi connectivity index (χ2n) is 4.03. The van der Waals surface area contributed by atoms with E-state index in [2.05, 4.69) is 9.97 Å². The standard InChI is InChI=1S/C10H15N3O4S/c1-8-7-9(17-18(2,14)15)12-10(11-8)13-3-5-16-6-4-13/h7H,3-6H2,1-2H3. The second-order valence-corrected chi connectivity index (χ2v) is 5.61. The predicted octanol–water partition coefficient (Wildman–Crippen LogP) is -0.0400. The minimum atomic E-state index is -3.57. The third-order valence-corrected chi connectivity index (χ3v) is 2.82. The SMILES string of the molecule is Cc1cc(OS(C)(=O)=O)nc(N2CCOCC2)n1. The van der Waals surface area contributed by atoms with Crippen molar-refractivity contribution in [3.8, 4) is 5.88 Å². The molecule has 0 aromatic carbocycles. The summed E-state index contributed by atoms with van der Waals surface area (Å²) in [5, 5.41) is 0. The van der Waals surface area contributed by atoms with E-state index in [0.29, 0.717) is 37.9 Å². The van der Waals surface area contributed by atoms with Gasteiger partial charge >= 0.3 is 10.1 Å². The van der Waals surface area contributed by atoms with Gasteiger partial charge in [-0.3, -0.25) is 0 Å². The fraction of sp³-hybridized carbons (Fsp3) is 0.600. The Morgan fingerprint density at radius 2 is 2.00 bits per heavy atom. The molecule has 0 amide bonds. The van der Waals surface area contributed by atoms with Gasteiger partial charge in [0.05, 0.1) is 19.5 Å². The van der Waals surface area contributed by atoms with E-state index in [1.54, 1.807) is 6.92 Å². The molecule has 1 aliphatic rings. The number of morpholine rings is 1. The number of ether oxygens (including phenoxy) is 1. The van der Waals surface area contributed by atoms with Crippen molar-refractivity contribution in [1.29, 1.82) is 0 Å². The minimum absolute atomic E-state index is 0.0477. The third kappa shape index (κ3) is 3.54. The van der Waals surface area contributed by atoms with Gasteiger partial charge in [0.25, 0.3) is 0 Å². The number of aromatic nitrogens is 2. The molecule has 2 heterocycles. The summed E-state index contributed by atoms with van der Waals surface area (Å²) < 4.78 is 32.2. The lowest BCUT2D eigenvalue weighted by Gasteiger charge is -2.26. The molecule has 18 heavy (non-hydrogen) atoms. The first-order chi connectivity index (χ1) is 8.44. The van der Waals surface area contributed by atoms with Gasteiger partial charge in [-0.15, -0.1) is 0 Å². The summed E-state index contributed by atoms with van der Waals surface area (Å²) in [6.07, 6.45) is 0.985. The first-order valence-electron chi connectivity index (χ1n) is 5.52. The summed E-state index contributed by atoms with van der Waals surface area (Å²) in [6, 6.07) is 1.49. The second kappa shape index (κ2) is 5.07. The van der Waals surface area contributed by atoms with Crippen molar-refractivity contribution in [2.45, 2.75) is 6.92 Å². The summed E-state index contributed by atoms with van der Waals surface area (Å²) in [4.78, 5) is 10.3. The fourth-order valence-corrected chi connectivity index (χ4v) is 2.02. The predicted molar refractivity (Wildman–Crippen MR) is 65.3 cm³/mol. The van der Waals surface area contributed by atoms with Crippen LogP contribution in [0.25, 0.3) is 0 Å². The number of nitrogens with zero attached hydrogens (tertiary/aromatic N) is 3. The van der Waals surface area contributed by atoms with E-state index in [9.17, 15) is 8.42 Å². The van der Waals surface area contributed by atoms with Gasteiger partial charge < -0.3 is 13.8 Å². The van der Waals surface area contributed by atoms with Gasteiger partial charge in [0.15, 0.2) is 0 Å². The van der Waals surface area contributed by atoms with Gasteiger partial charge in [0.1, 0.15) is 0 Å². The van der Waals surface area contributed by atoms with E-state index >= 15 is 0 Å². The maximum atomic E-state index is 11.1. The van der Waals surface area contributed by atoms with E-state index < -0.39 is 10.1 Å². The Hall–Kier alpha value is -1.41. The first kappa shape index (κ1) is 13.0. The van der Waals surface area contributed by atoms with E-state index in [1.165, 1.54) is 6.07 Å². The molecule has 0 unspecified atom stereocenters. The van der Waals surface area contributed by atoms with Crippen LogP contribution in [0.4, 0.5) is 5.95 Å². The smallest absolute Gasteiger partial charge is 0.307 e. The van der Waals surface area contributed by atoms with Crippen LogP contribution >= 0.6 is 0 Å². The monoisotopic (exact) mass is 273 g/mol. The van der Waals surface area contributed by atoms with Crippen molar-refractivity contribution in [3.05, 3.63) is 11.8 Å². The Labute approximate surface area is 106 Å². The molecule has 0 bridgehead atoms. The molecule has 1 fully saturated rings. The van der Waals surface area contributed by atoms with E-state index in [1.807, 2.05) is 4.90 Å². The van der Waals surface area contributed by atoms with Gasteiger partial charge in [-0.2, -0.15) is 13.4 Å². The molecule has 8 heteroatoms. The maximum Gasteiger partial charge on any atom is 0.307 e. The summed E-state index contributed by atoms with van der Waals surface area (Å²) in [5.41, 5.74) is 0.658. The van der Waals surface area contributed by atoms with Crippen molar-refractivity contribution in [2.24, 2.45) is 0 Å². The van der Waals surface area contributed by atoms with Crippen LogP contribution < -0.4 is 9.08 Å². The number of rotatable bonds is 3. The summed E-state index contributed by atoms with van der Waals surface area (Å²) in [5.74, 6) is 0.517. The lowest BCUT2D eigenvalue weighted by atomic mass is 10.4. The average molecular weight is 273 g/mol. The molecule has 0 N–H and O–H groups in total. The Balaban J connectivity index is 2.25. The molecule has 1 aliphatic heterocycles. The molecular formula is C10H15N3O4S. The van der Waals surface area contributed by atoms with Crippen LogP contribution in [0.15, 0.2) is 6.07 Å². The number of anilines is 1. The summed E-state index contributed by atoms with van der Waals surface area (Å²) in [6.45, 7) is 4.35. The third-order valence-electron chi connectivity index (χ3n) is 2.35. The van der Waals surface area contributed by atoms with Crippen LogP contribution in [0.5, 0.6) is 5.88 Å². The molecule has 1 saturated heterocycles. The maximum absolute atomic E-state index is 11.1. The highest BCUT2D eigenvalue weighted by Gasteiger charge is 2.16. The van der Waals surface area contributed by atoms with Crippen molar-refractivity contribution in [2.75, 3.05) is 37.5 Å². The lowest BCUT2D eigenvalue weighted by molar-refractivity contribution is 0.122. The van der Waals surface area contributed by atoms with Gasteiger partial charge in [0.2, 0.25) is 11.8 Å². The van der Waals surface area contributed by atoms with Gasteiger partial charge in [0, 0.05) is 24.8 Å². The molecular weight excluding hydrogens is 258 g/mol. The molecule has 0 spiro atoms. The molecule has 0 aliphatic carbocycles. The molecule has 1 aromatic rings. The number of hydrogen-bond donors (Lipinski definition) is 0. The molecule has 100 valence electrons. The highest BCUT2D eigenvalue weighted by atomic mass is 32.2. The van der Waals surface area contributed by atoms with Crippen molar-refractivity contribution >= 4 is 16.1 Å². The molecule has 0 atom stereocenters. The normalized spacial score (nSPS) is 16.7. The average Bonchev–Trinajstić information content (AvgIpc) is 2.27. The van der Waals surface area contributed by atoms with Gasteiger partial charge in [-0.05, 0) is 6.92 Å². The zero-order valence-electron chi connectivity index (χ0n) is 10.3. The number of hydrogen-bond acceptors (Lipinski definition) is 7. The topological polar surface area (TPSA) is 81.6 Å². The van der Waals surface area contributed by atoms with Crippen molar-refractivity contribution in [3.63, 3.8) is 0 Å². The Kier molecular flexibility index (Phi) is 3.67. The number of aryl methyl sites for hydroxylation is 1. The van der Waals surface area contributed by atoms with E-state index in [0.717, 1.165) is 6.26 Å². The summed E-state index contributed by atoms with van der Waals surface area (Å²) >= 11 is 0. The van der Waals surface area contributed by atoms with Crippen molar-refractivity contribution in [1.82, 2.24) is 9.97 Å². The zero-order valence-corrected chi connectivity index (χ0v) is 11.1. The van der Waals surface area contributed by atoms with Crippen LogP contribution in [0, 0.1) is 6.92 Å². The Bertz CT molecular complexity index is 526. The highest BCUT2D eigenvalue weighted by Crippen LogP contribution is 2.17. The molecule has 7 nitrogen and oxygen atoms in total. The van der Waals surface area contributed by atoms with E-state index in [-0.39, 0.29) is 5.88 Å². The van der Waals surface area contributed by atoms with Gasteiger partial charge in [-0.25, -0.2) is 4.98 Å². The van der Waals surface area contributed by atoms with Crippen LogP contribution in [-0.4, -0.2) is 50.9 Å². The zero-order chi connectivity index (χ0) is 13.2. The lowest BCUT2D eigenvalue weighted by Crippen LogP contribution is -2.37. The highest BCUT2D eigenvalue weighted by molar-refractivity contribution is 7.86. The first-order valence-corrected chi connectivity index (χ1v) is 7.33. The Morgan fingerprint density at radius 3 is 2.61 bits per heavy atom. The van der Waals surface area contributed by atoms with Crippen LogP contribution in [0.1, 0.15) is 5.69 Å². The van der Waals surface area contributed by atoms with Gasteiger partial charge in [-0.1, -0.05) is 0 Å². The fourth-order valence-electron chi connectivity index (χ4n) is 1.63. The molecule has 1 aromatic heterocycles. The molecule has 2 rings (SSSR count). The van der Waals surface area contributed by atoms with E-state index in [4.69, 9.17) is 8.92 Å². The minimum Gasteiger partial charge on any atom is -0.378 e. The molecule has 0 saturated carbocycles. The Morgan fingerprint density at radius 1 is 1.33 bits per heavy atom. The van der Waals surface area contributed by atoms with Crippen LogP contribution in [0.3, 0.4) is 0 Å². The van der Waals surface area contributed by atoms with Crippen LogP contribution in [-0.2, 0) is 14.9 Å². The van der Waals surface area contributed by atoms with Crippen LogP contribution in [0.2, 0.25) is 0 Å². The quantitative estimate of drug-likeness (QED) is 0.715. The largest absolute Gasteiger partial charge is 0.378 e. The molecule has 0 radical (unpaired) electrons. The summed E-state index contributed by atoms with van der Waals surface area (Å²) in [7, 11) is -3.57.